The molecular formula is C16H20N4O. The molecular weight excluding hydrogens is 264 g/mol. The zero-order valence-electron chi connectivity index (χ0n) is 12.1. The molecule has 1 atom stereocenters. The van der Waals surface area contributed by atoms with Crippen LogP contribution < -0.4 is 10.6 Å². The molecule has 1 saturated heterocycles. The summed E-state index contributed by atoms with van der Waals surface area (Å²) in [7, 11) is 0. The lowest BCUT2D eigenvalue weighted by atomic mass is 9.96. The van der Waals surface area contributed by atoms with Crippen LogP contribution in [0.2, 0.25) is 0 Å². The summed E-state index contributed by atoms with van der Waals surface area (Å²) in [4.78, 5) is 11.7. The highest BCUT2D eigenvalue weighted by Gasteiger charge is 2.26. The van der Waals surface area contributed by atoms with Gasteiger partial charge in [-0.05, 0) is 37.3 Å². The van der Waals surface area contributed by atoms with Crippen LogP contribution in [0.25, 0.3) is 11.3 Å². The number of furan rings is 1. The molecule has 0 aromatic carbocycles. The van der Waals surface area contributed by atoms with E-state index in [2.05, 4.69) is 9.88 Å². The minimum absolute atomic E-state index is 0.365. The van der Waals surface area contributed by atoms with Crippen molar-refractivity contribution in [3.05, 3.63) is 29.9 Å². The summed E-state index contributed by atoms with van der Waals surface area (Å²) in [5, 5.41) is 0. The van der Waals surface area contributed by atoms with Crippen molar-refractivity contribution in [2.45, 2.75) is 38.1 Å². The SMILES string of the molecule is NCC1CCCCN1c1ncc2c(n1)-c1ccoc1CC2. The van der Waals surface area contributed by atoms with Gasteiger partial charge >= 0.3 is 0 Å². The molecule has 5 nitrogen and oxygen atoms in total. The van der Waals surface area contributed by atoms with Gasteiger partial charge in [0.05, 0.1) is 12.0 Å². The zero-order chi connectivity index (χ0) is 14.2. The summed E-state index contributed by atoms with van der Waals surface area (Å²) in [6.45, 7) is 1.66. The molecule has 1 unspecified atom stereocenters. The van der Waals surface area contributed by atoms with Crippen molar-refractivity contribution in [1.29, 1.82) is 0 Å². The van der Waals surface area contributed by atoms with Crippen molar-refractivity contribution in [3.63, 3.8) is 0 Å². The third-order valence-corrected chi connectivity index (χ3v) is 4.63. The van der Waals surface area contributed by atoms with Crippen molar-refractivity contribution in [2.75, 3.05) is 18.0 Å². The smallest absolute Gasteiger partial charge is 0.226 e. The number of aryl methyl sites for hydroxylation is 2. The Bertz CT molecular complexity index is 651. The Morgan fingerprint density at radius 2 is 2.29 bits per heavy atom. The van der Waals surface area contributed by atoms with Gasteiger partial charge in [0.1, 0.15) is 5.76 Å². The van der Waals surface area contributed by atoms with Crippen LogP contribution in [-0.2, 0) is 12.8 Å². The summed E-state index contributed by atoms with van der Waals surface area (Å²) in [6, 6.07) is 2.38. The maximum absolute atomic E-state index is 5.92. The van der Waals surface area contributed by atoms with Crippen molar-refractivity contribution in [1.82, 2.24) is 9.97 Å². The predicted octanol–water partition coefficient (Wildman–Crippen LogP) is 2.15. The molecule has 2 aliphatic rings. The summed E-state index contributed by atoms with van der Waals surface area (Å²) < 4.78 is 5.55. The molecule has 1 fully saturated rings. The maximum Gasteiger partial charge on any atom is 0.226 e. The van der Waals surface area contributed by atoms with Crippen LogP contribution in [0.4, 0.5) is 5.95 Å². The van der Waals surface area contributed by atoms with E-state index >= 15 is 0 Å². The van der Waals surface area contributed by atoms with Gasteiger partial charge in [0.25, 0.3) is 0 Å². The van der Waals surface area contributed by atoms with Gasteiger partial charge in [0.15, 0.2) is 0 Å². The van der Waals surface area contributed by atoms with Crippen LogP contribution in [0.15, 0.2) is 22.9 Å². The molecule has 0 bridgehead atoms. The fraction of sp³-hybridized carbons (Fsp3) is 0.500. The largest absolute Gasteiger partial charge is 0.469 e. The van der Waals surface area contributed by atoms with E-state index < -0.39 is 0 Å². The predicted molar refractivity (Wildman–Crippen MR) is 81.2 cm³/mol. The quantitative estimate of drug-likeness (QED) is 0.915. The molecule has 3 heterocycles. The van der Waals surface area contributed by atoms with Crippen LogP contribution in [0.1, 0.15) is 30.6 Å². The lowest BCUT2D eigenvalue weighted by Crippen LogP contribution is -2.45. The zero-order valence-corrected chi connectivity index (χ0v) is 12.1. The molecule has 1 aliphatic carbocycles. The average molecular weight is 284 g/mol. The second kappa shape index (κ2) is 5.15. The van der Waals surface area contributed by atoms with Gasteiger partial charge < -0.3 is 15.1 Å². The first-order valence-corrected chi connectivity index (χ1v) is 7.76. The fourth-order valence-corrected chi connectivity index (χ4v) is 3.45. The number of rotatable bonds is 2. The first-order valence-electron chi connectivity index (χ1n) is 7.76. The minimum Gasteiger partial charge on any atom is -0.469 e. The highest BCUT2D eigenvalue weighted by molar-refractivity contribution is 5.68. The summed E-state index contributed by atoms with van der Waals surface area (Å²) in [5.41, 5.74) is 9.30. The number of anilines is 1. The van der Waals surface area contributed by atoms with E-state index in [1.807, 2.05) is 12.3 Å². The van der Waals surface area contributed by atoms with Gasteiger partial charge in [-0.15, -0.1) is 0 Å². The molecule has 4 rings (SSSR count). The third kappa shape index (κ3) is 2.12. The maximum atomic E-state index is 5.92. The van der Waals surface area contributed by atoms with Gasteiger partial charge in [-0.25, -0.2) is 9.97 Å². The molecule has 1 aliphatic heterocycles. The van der Waals surface area contributed by atoms with Gasteiger partial charge in [0.2, 0.25) is 5.95 Å². The van der Waals surface area contributed by atoms with Crippen molar-refractivity contribution < 1.29 is 4.42 Å². The van der Waals surface area contributed by atoms with Gasteiger partial charge in [-0.1, -0.05) is 0 Å². The van der Waals surface area contributed by atoms with Crippen LogP contribution in [-0.4, -0.2) is 29.1 Å². The lowest BCUT2D eigenvalue weighted by Gasteiger charge is -2.35. The number of piperidine rings is 1. The number of nitrogens with zero attached hydrogens (tertiary/aromatic N) is 3. The standard InChI is InChI=1S/C16H20N4O/c17-9-12-3-1-2-7-20(12)16-18-10-11-4-5-14-13(6-8-21-14)15(11)19-16/h6,8,10,12H,1-5,7,9,17H2. The van der Waals surface area contributed by atoms with Gasteiger partial charge in [0, 0.05) is 37.3 Å². The highest BCUT2D eigenvalue weighted by atomic mass is 16.3. The Hall–Kier alpha value is -1.88. The van der Waals surface area contributed by atoms with Crippen LogP contribution in [0.5, 0.6) is 0 Å². The van der Waals surface area contributed by atoms with E-state index in [1.54, 1.807) is 6.26 Å². The minimum atomic E-state index is 0.365. The van der Waals surface area contributed by atoms with Crippen LogP contribution >= 0.6 is 0 Å². The van der Waals surface area contributed by atoms with Crippen LogP contribution in [0.3, 0.4) is 0 Å². The Balaban J connectivity index is 1.74. The molecule has 5 heteroatoms. The number of aromatic nitrogens is 2. The second-order valence-electron chi connectivity index (χ2n) is 5.88. The second-order valence-corrected chi connectivity index (χ2v) is 5.88. The van der Waals surface area contributed by atoms with E-state index in [0.29, 0.717) is 12.6 Å². The van der Waals surface area contributed by atoms with E-state index in [9.17, 15) is 0 Å². The van der Waals surface area contributed by atoms with E-state index in [-0.39, 0.29) is 0 Å². The monoisotopic (exact) mass is 284 g/mol. The number of nitrogens with two attached hydrogens (primary N) is 1. The number of hydrogen-bond donors (Lipinski definition) is 1. The first-order chi connectivity index (χ1) is 10.4. The van der Waals surface area contributed by atoms with E-state index in [0.717, 1.165) is 48.8 Å². The Morgan fingerprint density at radius 3 is 3.19 bits per heavy atom. The fourth-order valence-electron chi connectivity index (χ4n) is 3.45. The molecule has 110 valence electrons. The molecule has 21 heavy (non-hydrogen) atoms. The molecule has 0 spiro atoms. The Labute approximate surface area is 124 Å². The first kappa shape index (κ1) is 12.8. The highest BCUT2D eigenvalue weighted by Crippen LogP contribution is 2.34. The summed E-state index contributed by atoms with van der Waals surface area (Å²) in [6.07, 6.45) is 9.20. The normalized spacial score (nSPS) is 21.0. The summed E-state index contributed by atoms with van der Waals surface area (Å²) in [5.74, 6) is 1.86. The van der Waals surface area contributed by atoms with E-state index in [4.69, 9.17) is 15.1 Å². The third-order valence-electron chi connectivity index (χ3n) is 4.63. The van der Waals surface area contributed by atoms with Crippen molar-refractivity contribution in [3.8, 4) is 11.3 Å². The topological polar surface area (TPSA) is 68.2 Å². The van der Waals surface area contributed by atoms with Crippen molar-refractivity contribution in [2.24, 2.45) is 5.73 Å². The Morgan fingerprint density at radius 1 is 1.33 bits per heavy atom. The van der Waals surface area contributed by atoms with Gasteiger partial charge in [-0.3, -0.25) is 0 Å². The lowest BCUT2D eigenvalue weighted by molar-refractivity contribution is 0.458. The molecule has 2 N–H and O–H groups in total. The van der Waals surface area contributed by atoms with Gasteiger partial charge in [-0.2, -0.15) is 0 Å². The number of hydrogen-bond acceptors (Lipinski definition) is 5. The molecule has 0 radical (unpaired) electrons. The molecule has 0 amide bonds. The number of fused-ring (bicyclic) bond motifs is 3. The Kier molecular flexibility index (Phi) is 3.15. The summed E-state index contributed by atoms with van der Waals surface area (Å²) >= 11 is 0. The van der Waals surface area contributed by atoms with E-state index in [1.165, 1.54) is 18.4 Å². The van der Waals surface area contributed by atoms with Crippen molar-refractivity contribution >= 4 is 5.95 Å². The molecule has 2 aromatic rings. The average Bonchev–Trinajstić information content (AvgIpc) is 3.03. The van der Waals surface area contributed by atoms with Crippen LogP contribution in [0, 0.1) is 0 Å². The molecule has 0 saturated carbocycles. The molecule has 2 aromatic heterocycles.